The van der Waals surface area contributed by atoms with Crippen molar-refractivity contribution in [2.45, 2.75) is 45.8 Å². The summed E-state index contributed by atoms with van der Waals surface area (Å²) >= 11 is 0. The molecular weight excluding hydrogens is 179 g/mol. The zero-order valence-corrected chi connectivity index (χ0v) is 10.4. The molecule has 0 radical (unpaired) electrons. The molecule has 0 aliphatic heterocycles. The van der Waals surface area contributed by atoms with Crippen LogP contribution in [-0.4, -0.2) is 55.2 Å². The highest BCUT2D eigenvalue weighted by Crippen LogP contribution is 2.06. The fraction of sp³-hybridized carbons (Fsp3) is 1.00. The second-order valence-electron chi connectivity index (χ2n) is 4.60. The van der Waals surface area contributed by atoms with Gasteiger partial charge in [0.1, 0.15) is 6.67 Å². The molecule has 1 atom stereocenters. The average molecular weight is 204 g/mol. The predicted molar refractivity (Wildman–Crippen MR) is 60.4 cm³/mol. The van der Waals surface area contributed by atoms with Crippen molar-refractivity contribution >= 4 is 0 Å². The lowest BCUT2D eigenvalue weighted by Gasteiger charge is -2.33. The van der Waals surface area contributed by atoms with Gasteiger partial charge in [-0.1, -0.05) is 0 Å². The summed E-state index contributed by atoms with van der Waals surface area (Å²) in [6.45, 7) is 8.97. The third-order valence-corrected chi connectivity index (χ3v) is 2.95. The fourth-order valence-corrected chi connectivity index (χ4v) is 1.25. The summed E-state index contributed by atoms with van der Waals surface area (Å²) in [5, 5.41) is 0. The van der Waals surface area contributed by atoms with Gasteiger partial charge in [-0.25, -0.2) is 4.39 Å². The van der Waals surface area contributed by atoms with E-state index in [0.29, 0.717) is 12.1 Å². The van der Waals surface area contributed by atoms with Crippen molar-refractivity contribution in [2.75, 3.05) is 27.3 Å². The monoisotopic (exact) mass is 204 g/mol. The molecule has 3 heteroatoms. The van der Waals surface area contributed by atoms with Gasteiger partial charge in [-0.15, -0.1) is 0 Å². The lowest BCUT2D eigenvalue weighted by atomic mass is 10.2. The smallest absolute Gasteiger partial charge is 0.106 e. The van der Waals surface area contributed by atoms with Gasteiger partial charge < -0.3 is 4.90 Å². The molecule has 0 bridgehead atoms. The van der Waals surface area contributed by atoms with E-state index in [1.807, 2.05) is 14.1 Å². The van der Waals surface area contributed by atoms with Crippen LogP contribution < -0.4 is 0 Å². The molecule has 0 amide bonds. The first-order chi connectivity index (χ1) is 6.40. The summed E-state index contributed by atoms with van der Waals surface area (Å²) in [5.41, 5.74) is 0. The zero-order valence-electron chi connectivity index (χ0n) is 10.4. The van der Waals surface area contributed by atoms with Crippen LogP contribution in [0.3, 0.4) is 0 Å². The minimum Gasteiger partial charge on any atom is -0.302 e. The van der Waals surface area contributed by atoms with E-state index in [1.165, 1.54) is 0 Å². The van der Waals surface area contributed by atoms with Gasteiger partial charge in [0, 0.05) is 18.6 Å². The second-order valence-corrected chi connectivity index (χ2v) is 4.60. The van der Waals surface area contributed by atoms with E-state index >= 15 is 0 Å². The molecule has 0 aromatic rings. The maximum Gasteiger partial charge on any atom is 0.106 e. The Morgan fingerprint density at radius 3 is 1.79 bits per heavy atom. The molecule has 0 aliphatic carbocycles. The standard InChI is InChI=1S/C11H25FN2/c1-9(2)13(5)8-11(7-12)14(6)10(3)4/h9-11H,7-8H2,1-6H3. The van der Waals surface area contributed by atoms with Gasteiger partial charge in [0.2, 0.25) is 0 Å². The van der Waals surface area contributed by atoms with Crippen LogP contribution in [0.25, 0.3) is 0 Å². The second kappa shape index (κ2) is 6.36. The van der Waals surface area contributed by atoms with E-state index in [1.54, 1.807) is 0 Å². The topological polar surface area (TPSA) is 6.48 Å². The highest BCUT2D eigenvalue weighted by atomic mass is 19.1. The maximum atomic E-state index is 12.8. The molecule has 86 valence electrons. The van der Waals surface area contributed by atoms with E-state index in [-0.39, 0.29) is 12.7 Å². The summed E-state index contributed by atoms with van der Waals surface area (Å²) in [7, 11) is 4.03. The summed E-state index contributed by atoms with van der Waals surface area (Å²) in [5.74, 6) is 0. The molecule has 1 unspecified atom stereocenters. The number of nitrogens with zero attached hydrogens (tertiary/aromatic N) is 2. The molecule has 2 nitrogen and oxygen atoms in total. The predicted octanol–water partition coefficient (Wildman–Crippen LogP) is 2.00. The van der Waals surface area contributed by atoms with E-state index in [9.17, 15) is 4.39 Å². The third-order valence-electron chi connectivity index (χ3n) is 2.95. The number of hydrogen-bond donors (Lipinski definition) is 0. The van der Waals surface area contributed by atoms with Gasteiger partial charge in [-0.05, 0) is 41.8 Å². The number of halogens is 1. The summed E-state index contributed by atoms with van der Waals surface area (Å²) in [6, 6.07) is 0.892. The van der Waals surface area contributed by atoms with Crippen LogP contribution in [0.4, 0.5) is 4.39 Å². The molecule has 0 aromatic heterocycles. The molecule has 0 fully saturated rings. The molecule has 0 heterocycles. The van der Waals surface area contributed by atoms with Crippen molar-refractivity contribution in [3.8, 4) is 0 Å². The number of alkyl halides is 1. The molecule has 0 rings (SSSR count). The summed E-state index contributed by atoms with van der Waals surface area (Å²) in [4.78, 5) is 4.28. The first kappa shape index (κ1) is 13.8. The molecule has 0 spiro atoms. The Hall–Kier alpha value is -0.150. The fourth-order valence-electron chi connectivity index (χ4n) is 1.25. The highest BCUT2D eigenvalue weighted by Gasteiger charge is 2.19. The first-order valence-electron chi connectivity index (χ1n) is 5.38. The Morgan fingerprint density at radius 1 is 1.00 bits per heavy atom. The van der Waals surface area contributed by atoms with Crippen molar-refractivity contribution < 1.29 is 4.39 Å². The van der Waals surface area contributed by atoms with E-state index in [0.717, 1.165) is 6.54 Å². The Morgan fingerprint density at radius 2 is 1.50 bits per heavy atom. The quantitative estimate of drug-likeness (QED) is 0.653. The van der Waals surface area contributed by atoms with Crippen LogP contribution in [0, 0.1) is 0 Å². The van der Waals surface area contributed by atoms with Crippen LogP contribution >= 0.6 is 0 Å². The van der Waals surface area contributed by atoms with Gasteiger partial charge in [-0.3, -0.25) is 4.90 Å². The van der Waals surface area contributed by atoms with Crippen LogP contribution in [0.1, 0.15) is 27.7 Å². The largest absolute Gasteiger partial charge is 0.302 e. The van der Waals surface area contributed by atoms with E-state index in [2.05, 4.69) is 37.5 Å². The molecule has 0 N–H and O–H groups in total. The average Bonchev–Trinajstić information content (AvgIpc) is 2.12. The van der Waals surface area contributed by atoms with Crippen molar-refractivity contribution in [2.24, 2.45) is 0 Å². The maximum absolute atomic E-state index is 12.8. The summed E-state index contributed by atoms with van der Waals surface area (Å²) < 4.78 is 12.8. The van der Waals surface area contributed by atoms with Crippen LogP contribution in [0.2, 0.25) is 0 Å². The van der Waals surface area contributed by atoms with Crippen molar-refractivity contribution in [1.82, 2.24) is 9.80 Å². The number of hydrogen-bond acceptors (Lipinski definition) is 2. The van der Waals surface area contributed by atoms with Crippen LogP contribution in [0.15, 0.2) is 0 Å². The Balaban J connectivity index is 4.14. The highest BCUT2D eigenvalue weighted by molar-refractivity contribution is 4.75. The first-order valence-corrected chi connectivity index (χ1v) is 5.38. The van der Waals surface area contributed by atoms with Gasteiger partial charge in [0.15, 0.2) is 0 Å². The number of likely N-dealkylation sites (N-methyl/N-ethyl adjacent to an activating group) is 2. The lowest BCUT2D eigenvalue weighted by Crippen LogP contribution is -2.46. The van der Waals surface area contributed by atoms with Gasteiger partial charge in [0.05, 0.1) is 6.04 Å². The van der Waals surface area contributed by atoms with Crippen molar-refractivity contribution in [3.05, 3.63) is 0 Å². The Kier molecular flexibility index (Phi) is 6.29. The van der Waals surface area contributed by atoms with Gasteiger partial charge in [-0.2, -0.15) is 0 Å². The minimum absolute atomic E-state index is 0.0161. The van der Waals surface area contributed by atoms with Crippen LogP contribution in [-0.2, 0) is 0 Å². The minimum atomic E-state index is -0.272. The van der Waals surface area contributed by atoms with Crippen LogP contribution in [0.5, 0.6) is 0 Å². The van der Waals surface area contributed by atoms with Gasteiger partial charge >= 0.3 is 0 Å². The van der Waals surface area contributed by atoms with Crippen molar-refractivity contribution in [1.29, 1.82) is 0 Å². The molecule has 0 saturated carbocycles. The van der Waals surface area contributed by atoms with E-state index in [4.69, 9.17) is 0 Å². The van der Waals surface area contributed by atoms with Gasteiger partial charge in [0.25, 0.3) is 0 Å². The van der Waals surface area contributed by atoms with E-state index < -0.39 is 0 Å². The summed E-state index contributed by atoms with van der Waals surface area (Å²) in [6.07, 6.45) is 0. The third kappa shape index (κ3) is 4.38. The Bertz CT molecular complexity index is 148. The molecule has 0 saturated heterocycles. The molecule has 0 aromatic carbocycles. The lowest BCUT2D eigenvalue weighted by molar-refractivity contribution is 0.115. The zero-order chi connectivity index (χ0) is 11.3. The molecular formula is C11H25FN2. The number of rotatable bonds is 6. The Labute approximate surface area is 88.1 Å². The normalized spacial score (nSPS) is 14.8. The SMILES string of the molecule is CC(C)N(C)CC(CF)N(C)C(C)C. The van der Waals surface area contributed by atoms with Crippen molar-refractivity contribution in [3.63, 3.8) is 0 Å². The molecule has 0 aliphatic rings. The molecule has 14 heavy (non-hydrogen) atoms.